The lowest BCUT2D eigenvalue weighted by Gasteiger charge is -2.16. The van der Waals surface area contributed by atoms with Gasteiger partial charge >= 0.3 is 0 Å². The minimum Gasteiger partial charge on any atom is -0.490 e. The first-order chi connectivity index (χ1) is 17.9. The van der Waals surface area contributed by atoms with Crippen molar-refractivity contribution in [2.45, 2.75) is 33.6 Å². The molecule has 0 fully saturated rings. The van der Waals surface area contributed by atoms with Crippen molar-refractivity contribution in [2.75, 3.05) is 19.8 Å². The van der Waals surface area contributed by atoms with Gasteiger partial charge < -0.3 is 14.2 Å². The van der Waals surface area contributed by atoms with Gasteiger partial charge in [-0.05, 0) is 72.9 Å². The Balaban J connectivity index is 1.34. The summed E-state index contributed by atoms with van der Waals surface area (Å²) in [5, 5.41) is 0. The first-order valence-corrected chi connectivity index (χ1v) is 13.3. The van der Waals surface area contributed by atoms with Gasteiger partial charge in [-0.3, -0.25) is 4.79 Å². The van der Waals surface area contributed by atoms with Crippen LogP contribution in [0.3, 0.4) is 0 Å². The summed E-state index contributed by atoms with van der Waals surface area (Å²) in [5.41, 5.74) is 4.79. The maximum Gasteiger partial charge on any atom is 0.274 e. The fourth-order valence-electron chi connectivity index (χ4n) is 4.31. The van der Waals surface area contributed by atoms with E-state index in [1.165, 1.54) is 22.5 Å². The molecule has 190 valence electrons. The Morgan fingerprint density at radius 2 is 1.73 bits per heavy atom. The Morgan fingerprint density at radius 1 is 0.946 bits per heavy atom. The number of thiazole rings is 1. The first kappa shape index (κ1) is 24.8. The average molecular weight is 515 g/mol. The lowest BCUT2D eigenvalue weighted by Crippen LogP contribution is -2.22. The van der Waals surface area contributed by atoms with Crippen LogP contribution in [0.15, 0.2) is 65.5 Å². The zero-order valence-corrected chi connectivity index (χ0v) is 22.3. The van der Waals surface area contributed by atoms with Crippen LogP contribution in [0.1, 0.15) is 43.4 Å². The number of hydrogen-bond donors (Lipinski definition) is 0. The van der Waals surface area contributed by atoms with Crippen molar-refractivity contribution >= 4 is 33.4 Å². The Hall–Kier alpha value is -3.84. The predicted molar refractivity (Wildman–Crippen MR) is 149 cm³/mol. The lowest BCUT2D eigenvalue weighted by atomic mass is 10.0. The number of rotatable bonds is 9. The molecule has 0 amide bonds. The maximum atomic E-state index is 13.1. The van der Waals surface area contributed by atoms with Crippen LogP contribution in [0.2, 0.25) is 0 Å². The monoisotopic (exact) mass is 514 g/mol. The zero-order valence-electron chi connectivity index (χ0n) is 21.5. The molecule has 0 unspecified atom stereocenters. The number of ether oxygens (including phenoxy) is 3. The second-order valence-corrected chi connectivity index (χ2v) is 10.2. The summed E-state index contributed by atoms with van der Waals surface area (Å²) in [4.78, 5) is 18.4. The quantitative estimate of drug-likeness (QED) is 0.235. The van der Waals surface area contributed by atoms with E-state index in [0.29, 0.717) is 46.7 Å². The zero-order chi connectivity index (χ0) is 25.9. The van der Waals surface area contributed by atoms with Crippen LogP contribution in [-0.2, 0) is 0 Å². The van der Waals surface area contributed by atoms with Crippen molar-refractivity contribution in [3.63, 3.8) is 0 Å². The fraction of sp³-hybridized carbons (Fsp3) is 0.267. The molecule has 0 aliphatic heterocycles. The third-order valence-electron chi connectivity index (χ3n) is 6.10. The Kier molecular flexibility index (Phi) is 7.15. The van der Waals surface area contributed by atoms with E-state index < -0.39 is 0 Å². The molecule has 37 heavy (non-hydrogen) atoms. The number of benzene rings is 3. The van der Waals surface area contributed by atoms with E-state index in [9.17, 15) is 4.79 Å². The normalized spacial score (nSPS) is 12.1. The fourth-order valence-corrected chi connectivity index (χ4v) is 5.30. The van der Waals surface area contributed by atoms with Gasteiger partial charge in [-0.25, -0.2) is 9.38 Å². The number of para-hydroxylation sites is 2. The van der Waals surface area contributed by atoms with Crippen LogP contribution in [0.4, 0.5) is 0 Å². The highest BCUT2D eigenvalue weighted by molar-refractivity contribution is 7.15. The molecular weight excluding hydrogens is 484 g/mol. The molecule has 0 aliphatic rings. The minimum atomic E-state index is -0.0685. The van der Waals surface area contributed by atoms with Crippen molar-refractivity contribution in [2.24, 2.45) is 0 Å². The van der Waals surface area contributed by atoms with E-state index >= 15 is 0 Å². The Labute approximate surface area is 219 Å². The molecule has 5 aromatic rings. The highest BCUT2D eigenvalue weighted by Gasteiger charge is 2.12. The molecule has 0 saturated heterocycles. The highest BCUT2D eigenvalue weighted by atomic mass is 32.1. The Morgan fingerprint density at radius 3 is 2.51 bits per heavy atom. The van der Waals surface area contributed by atoms with Crippen molar-refractivity contribution in [1.82, 2.24) is 9.38 Å². The molecule has 0 spiro atoms. The van der Waals surface area contributed by atoms with Gasteiger partial charge in [0.05, 0.1) is 22.2 Å². The molecule has 6 nitrogen and oxygen atoms in total. The molecule has 0 saturated carbocycles. The van der Waals surface area contributed by atoms with E-state index in [1.807, 2.05) is 55.5 Å². The number of aryl methyl sites for hydroxylation is 1. The Bertz CT molecular complexity index is 1670. The van der Waals surface area contributed by atoms with Crippen molar-refractivity contribution in [3.8, 4) is 17.2 Å². The second kappa shape index (κ2) is 10.6. The van der Waals surface area contributed by atoms with Gasteiger partial charge in [0.2, 0.25) is 0 Å². The van der Waals surface area contributed by atoms with Crippen molar-refractivity contribution in [3.05, 3.63) is 92.2 Å². The van der Waals surface area contributed by atoms with Gasteiger partial charge in [0.15, 0.2) is 16.5 Å². The topological polar surface area (TPSA) is 62.1 Å². The summed E-state index contributed by atoms with van der Waals surface area (Å²) in [6, 6.07) is 19.7. The van der Waals surface area contributed by atoms with E-state index in [4.69, 9.17) is 14.2 Å². The van der Waals surface area contributed by atoms with Crippen LogP contribution in [0, 0.1) is 6.92 Å². The summed E-state index contributed by atoms with van der Waals surface area (Å²) in [5.74, 6) is 2.56. The molecule has 5 rings (SSSR count). The second-order valence-electron chi connectivity index (χ2n) is 9.17. The molecule has 0 atom stereocenters. The average Bonchev–Trinajstić information content (AvgIpc) is 3.38. The SMILES string of the molecule is CCOc1cc(/C=c2\sc3nc4ccccc4n3c2=O)ccc1OCCOc1cc(C)ccc1C(C)C. The number of nitrogens with zero attached hydrogens (tertiary/aromatic N) is 2. The van der Waals surface area contributed by atoms with Crippen molar-refractivity contribution < 1.29 is 14.2 Å². The maximum absolute atomic E-state index is 13.1. The van der Waals surface area contributed by atoms with Crippen LogP contribution >= 0.6 is 11.3 Å². The number of fused-ring (bicyclic) bond motifs is 3. The van der Waals surface area contributed by atoms with E-state index in [2.05, 4.69) is 44.0 Å². The molecule has 0 bridgehead atoms. The van der Waals surface area contributed by atoms with Crippen LogP contribution in [-0.4, -0.2) is 29.2 Å². The van der Waals surface area contributed by atoms with Gasteiger partial charge in [-0.15, -0.1) is 0 Å². The van der Waals surface area contributed by atoms with Gasteiger partial charge in [0, 0.05) is 0 Å². The lowest BCUT2D eigenvalue weighted by molar-refractivity contribution is 0.207. The summed E-state index contributed by atoms with van der Waals surface area (Å²) < 4.78 is 20.2. The summed E-state index contributed by atoms with van der Waals surface area (Å²) in [6.07, 6.45) is 1.87. The molecular formula is C30H30N2O4S. The smallest absolute Gasteiger partial charge is 0.274 e. The van der Waals surface area contributed by atoms with Gasteiger partial charge in [-0.1, -0.05) is 55.5 Å². The molecule has 3 aromatic carbocycles. The highest BCUT2D eigenvalue weighted by Crippen LogP contribution is 2.30. The predicted octanol–water partition coefficient (Wildman–Crippen LogP) is 5.75. The number of aromatic nitrogens is 2. The van der Waals surface area contributed by atoms with Crippen LogP contribution in [0.5, 0.6) is 17.2 Å². The largest absolute Gasteiger partial charge is 0.490 e. The summed E-state index contributed by atoms with van der Waals surface area (Å²) >= 11 is 1.38. The standard InChI is InChI=1S/C30H30N2O4S/c1-5-34-27-17-21(18-28-29(33)32-24-9-7-6-8-23(24)31-30(32)37-28)11-13-25(27)35-14-15-36-26-16-20(4)10-12-22(26)19(2)3/h6-13,16-19H,5,14-15H2,1-4H3/b28-18-. The molecule has 7 heteroatoms. The molecule has 0 radical (unpaired) electrons. The third kappa shape index (κ3) is 5.18. The summed E-state index contributed by atoms with van der Waals surface area (Å²) in [7, 11) is 0. The van der Waals surface area contributed by atoms with Crippen molar-refractivity contribution in [1.29, 1.82) is 0 Å². The third-order valence-corrected chi connectivity index (χ3v) is 7.07. The first-order valence-electron chi connectivity index (χ1n) is 12.5. The van der Waals surface area contributed by atoms with Gasteiger partial charge in [-0.2, -0.15) is 0 Å². The number of imidazole rings is 1. The van der Waals surface area contributed by atoms with Crippen LogP contribution in [0.25, 0.3) is 22.1 Å². The van der Waals surface area contributed by atoms with E-state index in [1.54, 1.807) is 4.40 Å². The van der Waals surface area contributed by atoms with E-state index in [0.717, 1.165) is 22.3 Å². The summed E-state index contributed by atoms with van der Waals surface area (Å²) in [6.45, 7) is 9.62. The molecule has 0 aliphatic carbocycles. The molecule has 2 heterocycles. The minimum absolute atomic E-state index is 0.0685. The number of hydrogen-bond acceptors (Lipinski definition) is 6. The van der Waals surface area contributed by atoms with E-state index in [-0.39, 0.29) is 5.56 Å². The van der Waals surface area contributed by atoms with Gasteiger partial charge in [0.1, 0.15) is 19.0 Å². The van der Waals surface area contributed by atoms with Crippen LogP contribution < -0.4 is 24.3 Å². The molecule has 2 aromatic heterocycles. The van der Waals surface area contributed by atoms with Gasteiger partial charge in [0.25, 0.3) is 5.56 Å². The molecule has 0 N–H and O–H groups in total.